The Morgan fingerprint density at radius 2 is 2.25 bits per heavy atom. The number of rotatable bonds is 4. The maximum atomic E-state index is 11.9. The number of hydrazine groups is 1. The number of nitrogens with zero attached hydrogens (tertiary/aromatic N) is 4. The number of carbonyl (C=O) groups is 1. The molecule has 4 N–H and O–H groups in total. The van der Waals surface area contributed by atoms with Crippen molar-refractivity contribution in [1.82, 2.24) is 14.8 Å². The van der Waals surface area contributed by atoms with Gasteiger partial charge in [-0.05, 0) is 11.3 Å². The number of amides is 1. The lowest BCUT2D eigenvalue weighted by Crippen LogP contribution is -2.14. The van der Waals surface area contributed by atoms with E-state index in [2.05, 4.69) is 25.5 Å². The second kappa shape index (κ2) is 5.73. The van der Waals surface area contributed by atoms with Crippen LogP contribution in [0.5, 0.6) is 0 Å². The summed E-state index contributed by atoms with van der Waals surface area (Å²) in [4.78, 5) is 22.1. The highest BCUT2D eigenvalue weighted by Gasteiger charge is 2.21. The lowest BCUT2D eigenvalue weighted by atomic mass is 10.1. The predicted octanol–water partition coefficient (Wildman–Crippen LogP) is 1.03. The molecule has 0 radical (unpaired) electrons. The summed E-state index contributed by atoms with van der Waals surface area (Å²) < 4.78 is 3.46. The van der Waals surface area contributed by atoms with Crippen molar-refractivity contribution in [1.29, 1.82) is 0 Å². The topological polar surface area (TPSA) is 149 Å². The summed E-state index contributed by atoms with van der Waals surface area (Å²) in [5, 5.41) is 20.2. The minimum absolute atomic E-state index is 0.0177. The smallest absolute Gasteiger partial charge is 0.295 e. The quantitative estimate of drug-likeness (QED) is 0.430. The zero-order chi connectivity index (χ0) is 14.7. The molecule has 0 saturated carbocycles. The van der Waals surface area contributed by atoms with Crippen LogP contribution in [0.15, 0.2) is 12.1 Å². The minimum Gasteiger partial charge on any atom is -0.317 e. The first-order valence-electron chi connectivity index (χ1n) is 4.94. The number of nitrogens with one attached hydrogen (secondary N) is 2. The first-order valence-corrected chi connectivity index (χ1v) is 6.09. The van der Waals surface area contributed by atoms with Crippen molar-refractivity contribution < 1.29 is 9.72 Å². The summed E-state index contributed by atoms with van der Waals surface area (Å²) in [6.45, 7) is 0. The largest absolute Gasteiger partial charge is 0.317 e. The third kappa shape index (κ3) is 2.79. The highest BCUT2D eigenvalue weighted by atomic mass is 35.5. The van der Waals surface area contributed by atoms with E-state index in [0.29, 0.717) is 0 Å². The predicted molar refractivity (Wildman–Crippen MR) is 71.6 cm³/mol. The fraction of sp³-hybridized carbons (Fsp3) is 0. The Labute approximate surface area is 120 Å². The van der Waals surface area contributed by atoms with Crippen molar-refractivity contribution in [3.8, 4) is 0 Å². The molecule has 104 valence electrons. The average molecular weight is 316 g/mol. The molecule has 0 spiro atoms. The number of aromatic nitrogens is 3. The van der Waals surface area contributed by atoms with E-state index in [-0.39, 0.29) is 21.4 Å². The van der Waals surface area contributed by atoms with Gasteiger partial charge in [0, 0.05) is 23.2 Å². The average Bonchev–Trinajstić information content (AvgIpc) is 2.90. The molecular weight excluding hydrogens is 310 g/mol. The van der Waals surface area contributed by atoms with Crippen molar-refractivity contribution in [3.05, 3.63) is 32.8 Å². The van der Waals surface area contributed by atoms with E-state index in [1.165, 1.54) is 6.07 Å². The van der Waals surface area contributed by atoms with Crippen molar-refractivity contribution in [3.63, 3.8) is 0 Å². The van der Waals surface area contributed by atoms with Crippen molar-refractivity contribution >= 4 is 45.5 Å². The number of nitrogens with two attached hydrogens (primary N) is 1. The number of nitro groups is 1. The summed E-state index contributed by atoms with van der Waals surface area (Å²) in [6, 6.07) is 2.29. The molecule has 0 aliphatic carbocycles. The minimum atomic E-state index is -0.704. The van der Waals surface area contributed by atoms with Gasteiger partial charge in [0.05, 0.1) is 9.95 Å². The fourth-order valence-electron chi connectivity index (χ4n) is 1.36. The van der Waals surface area contributed by atoms with Crippen LogP contribution in [0.2, 0.25) is 5.02 Å². The SMILES string of the molecule is NNc1c(Cl)cc(C(=O)Nc2nnns2)cc1[N+](=O)[O-]. The number of carbonyl (C=O) groups excluding carboxylic acids is 1. The van der Waals surface area contributed by atoms with Gasteiger partial charge in [-0.2, -0.15) is 0 Å². The van der Waals surface area contributed by atoms with E-state index in [1.807, 2.05) is 0 Å². The fourth-order valence-corrected chi connectivity index (χ4v) is 1.99. The van der Waals surface area contributed by atoms with E-state index in [9.17, 15) is 14.9 Å². The number of nitrogen functional groups attached to an aromatic ring is 1. The first kappa shape index (κ1) is 14.0. The lowest BCUT2D eigenvalue weighted by molar-refractivity contribution is -0.384. The van der Waals surface area contributed by atoms with Gasteiger partial charge in [0.1, 0.15) is 5.69 Å². The van der Waals surface area contributed by atoms with Crippen molar-refractivity contribution in [2.45, 2.75) is 0 Å². The number of nitro benzene ring substituents is 1. The van der Waals surface area contributed by atoms with Gasteiger partial charge in [-0.1, -0.05) is 21.2 Å². The molecule has 10 nitrogen and oxygen atoms in total. The normalized spacial score (nSPS) is 10.1. The summed E-state index contributed by atoms with van der Waals surface area (Å²) in [5.74, 6) is 4.53. The van der Waals surface area contributed by atoms with Crippen LogP contribution in [0, 0.1) is 10.1 Å². The van der Waals surface area contributed by atoms with Gasteiger partial charge in [-0.15, -0.1) is 0 Å². The van der Waals surface area contributed by atoms with Crippen LogP contribution in [0.25, 0.3) is 0 Å². The maximum absolute atomic E-state index is 11.9. The van der Waals surface area contributed by atoms with E-state index >= 15 is 0 Å². The first-order chi connectivity index (χ1) is 9.52. The summed E-state index contributed by atoms with van der Waals surface area (Å²) >= 11 is 6.70. The highest BCUT2D eigenvalue weighted by Crippen LogP contribution is 2.33. The zero-order valence-corrected chi connectivity index (χ0v) is 11.1. The van der Waals surface area contributed by atoms with Crippen LogP contribution < -0.4 is 16.6 Å². The van der Waals surface area contributed by atoms with Gasteiger partial charge in [0.15, 0.2) is 0 Å². The molecule has 0 fully saturated rings. The van der Waals surface area contributed by atoms with Gasteiger partial charge in [-0.3, -0.25) is 26.1 Å². The van der Waals surface area contributed by atoms with Crippen molar-refractivity contribution in [2.24, 2.45) is 5.84 Å². The Kier molecular flexibility index (Phi) is 4.02. The molecule has 1 heterocycles. The molecule has 12 heteroatoms. The molecule has 1 amide bonds. The van der Waals surface area contributed by atoms with Gasteiger partial charge in [-0.25, -0.2) is 0 Å². The number of benzene rings is 1. The summed E-state index contributed by atoms with van der Waals surface area (Å²) in [5.41, 5.74) is 1.61. The number of halogens is 1. The van der Waals surface area contributed by atoms with Gasteiger partial charge in [0.25, 0.3) is 11.6 Å². The Balaban J connectivity index is 2.37. The molecule has 0 aliphatic heterocycles. The van der Waals surface area contributed by atoms with E-state index < -0.39 is 16.5 Å². The van der Waals surface area contributed by atoms with Crippen LogP contribution in [-0.4, -0.2) is 25.6 Å². The van der Waals surface area contributed by atoms with Crippen LogP contribution >= 0.6 is 23.1 Å². The third-order valence-corrected chi connectivity index (χ3v) is 3.00. The monoisotopic (exact) mass is 315 g/mol. The Hall–Kier alpha value is -2.37. The third-order valence-electron chi connectivity index (χ3n) is 2.19. The molecule has 0 atom stereocenters. The van der Waals surface area contributed by atoms with Crippen LogP contribution in [-0.2, 0) is 0 Å². The Morgan fingerprint density at radius 1 is 1.50 bits per heavy atom. The number of hydrogen-bond donors (Lipinski definition) is 3. The van der Waals surface area contributed by atoms with Crippen LogP contribution in [0.1, 0.15) is 10.4 Å². The Bertz CT molecular complexity index is 662. The second-order valence-corrected chi connectivity index (χ2v) is 4.52. The maximum Gasteiger partial charge on any atom is 0.295 e. The molecule has 1 aromatic carbocycles. The highest BCUT2D eigenvalue weighted by molar-refractivity contribution is 7.09. The summed E-state index contributed by atoms with van der Waals surface area (Å²) in [6.07, 6.45) is 0. The summed E-state index contributed by atoms with van der Waals surface area (Å²) in [7, 11) is 0. The Morgan fingerprint density at radius 3 is 2.80 bits per heavy atom. The van der Waals surface area contributed by atoms with Crippen LogP contribution in [0.4, 0.5) is 16.5 Å². The molecule has 0 bridgehead atoms. The van der Waals surface area contributed by atoms with Crippen molar-refractivity contribution in [2.75, 3.05) is 10.7 Å². The lowest BCUT2D eigenvalue weighted by Gasteiger charge is -2.07. The van der Waals surface area contributed by atoms with E-state index in [1.54, 1.807) is 0 Å². The molecule has 20 heavy (non-hydrogen) atoms. The zero-order valence-electron chi connectivity index (χ0n) is 9.53. The number of hydrogen-bond acceptors (Lipinski definition) is 9. The molecular formula is C8H6ClN7O3S. The number of anilines is 2. The van der Waals surface area contributed by atoms with Gasteiger partial charge >= 0.3 is 0 Å². The molecule has 0 unspecified atom stereocenters. The van der Waals surface area contributed by atoms with Crippen LogP contribution in [0.3, 0.4) is 0 Å². The molecule has 0 aliphatic rings. The standard InChI is InChI=1S/C8H6ClN7O3S/c9-4-1-3(2-5(16(18)19)6(4)12-10)7(17)11-8-13-14-15-20-8/h1-2,12H,10H2,(H,11,13,15,17). The van der Waals surface area contributed by atoms with Gasteiger partial charge in [0.2, 0.25) is 5.13 Å². The van der Waals surface area contributed by atoms with Gasteiger partial charge < -0.3 is 5.43 Å². The molecule has 2 rings (SSSR count). The van der Waals surface area contributed by atoms with E-state index in [0.717, 1.165) is 17.6 Å². The van der Waals surface area contributed by atoms with E-state index in [4.69, 9.17) is 17.4 Å². The second-order valence-electron chi connectivity index (χ2n) is 3.38. The molecule has 2 aromatic rings. The molecule has 0 saturated heterocycles. The molecule has 1 aromatic heterocycles.